The highest BCUT2D eigenvalue weighted by Gasteiger charge is 2.29. The SMILES string of the molecule is CCn1nc(C(=O)NCC(N)C2CC2)c(=O)c2ccccc21.Cl. The van der Waals surface area contributed by atoms with E-state index in [1.807, 2.05) is 19.1 Å². The van der Waals surface area contributed by atoms with Gasteiger partial charge in [0, 0.05) is 24.5 Å². The molecular formula is C16H21ClN4O2. The Labute approximate surface area is 140 Å². The molecule has 23 heavy (non-hydrogen) atoms. The molecule has 0 saturated heterocycles. The van der Waals surface area contributed by atoms with Gasteiger partial charge in [0.15, 0.2) is 5.69 Å². The van der Waals surface area contributed by atoms with E-state index < -0.39 is 5.91 Å². The Kier molecular flexibility index (Phi) is 5.38. The van der Waals surface area contributed by atoms with Crippen LogP contribution in [0.3, 0.4) is 0 Å². The number of hydrogen-bond acceptors (Lipinski definition) is 4. The van der Waals surface area contributed by atoms with Crippen molar-refractivity contribution in [1.82, 2.24) is 15.1 Å². The Bertz CT molecular complexity index is 770. The van der Waals surface area contributed by atoms with Crippen LogP contribution in [0.5, 0.6) is 0 Å². The molecule has 1 aliphatic rings. The molecule has 1 heterocycles. The van der Waals surface area contributed by atoms with E-state index in [4.69, 9.17) is 5.73 Å². The van der Waals surface area contributed by atoms with Crippen LogP contribution in [0.4, 0.5) is 0 Å². The van der Waals surface area contributed by atoms with Crippen LogP contribution in [0.1, 0.15) is 30.3 Å². The van der Waals surface area contributed by atoms with Gasteiger partial charge >= 0.3 is 0 Å². The fourth-order valence-electron chi connectivity index (χ4n) is 2.61. The molecule has 1 aromatic carbocycles. The van der Waals surface area contributed by atoms with Gasteiger partial charge in [-0.05, 0) is 37.8 Å². The summed E-state index contributed by atoms with van der Waals surface area (Å²) in [4.78, 5) is 24.7. The Hall–Kier alpha value is -1.92. The topological polar surface area (TPSA) is 90.0 Å². The highest BCUT2D eigenvalue weighted by atomic mass is 35.5. The first-order chi connectivity index (χ1) is 10.6. The minimum atomic E-state index is -0.450. The summed E-state index contributed by atoms with van der Waals surface area (Å²) in [7, 11) is 0. The monoisotopic (exact) mass is 336 g/mol. The molecule has 1 atom stereocenters. The van der Waals surface area contributed by atoms with Gasteiger partial charge in [0.05, 0.1) is 5.52 Å². The van der Waals surface area contributed by atoms with E-state index in [1.165, 1.54) is 0 Å². The molecule has 3 N–H and O–H groups in total. The van der Waals surface area contributed by atoms with Crippen molar-refractivity contribution < 1.29 is 4.79 Å². The van der Waals surface area contributed by atoms with E-state index in [2.05, 4.69) is 10.4 Å². The maximum absolute atomic E-state index is 12.5. The number of halogens is 1. The van der Waals surface area contributed by atoms with E-state index >= 15 is 0 Å². The highest BCUT2D eigenvalue weighted by molar-refractivity contribution is 5.95. The second kappa shape index (κ2) is 7.10. The molecule has 1 aromatic heterocycles. The zero-order chi connectivity index (χ0) is 15.7. The Balaban J connectivity index is 0.00000192. The number of benzene rings is 1. The summed E-state index contributed by atoms with van der Waals surface area (Å²) in [5, 5.41) is 7.46. The lowest BCUT2D eigenvalue weighted by atomic mass is 10.2. The van der Waals surface area contributed by atoms with E-state index in [0.29, 0.717) is 24.4 Å². The highest BCUT2D eigenvalue weighted by Crippen LogP contribution is 2.31. The molecule has 6 nitrogen and oxygen atoms in total. The number of rotatable bonds is 5. The Morgan fingerprint density at radius 2 is 2.13 bits per heavy atom. The fourth-order valence-corrected chi connectivity index (χ4v) is 2.61. The number of nitrogens with two attached hydrogens (primary N) is 1. The van der Waals surface area contributed by atoms with Crippen LogP contribution in [-0.4, -0.2) is 28.3 Å². The third-order valence-electron chi connectivity index (χ3n) is 4.10. The predicted molar refractivity (Wildman–Crippen MR) is 92.0 cm³/mol. The average Bonchev–Trinajstić information content (AvgIpc) is 3.38. The molecule has 0 bridgehead atoms. The molecule has 3 rings (SSSR count). The Morgan fingerprint density at radius 3 is 2.78 bits per heavy atom. The fraction of sp³-hybridized carbons (Fsp3) is 0.438. The lowest BCUT2D eigenvalue weighted by molar-refractivity contribution is 0.0942. The van der Waals surface area contributed by atoms with Crippen molar-refractivity contribution in [2.75, 3.05) is 6.54 Å². The predicted octanol–water partition coefficient (Wildman–Crippen LogP) is 1.31. The second-order valence-corrected chi connectivity index (χ2v) is 5.72. The smallest absolute Gasteiger partial charge is 0.275 e. The van der Waals surface area contributed by atoms with Crippen LogP contribution < -0.4 is 16.5 Å². The summed E-state index contributed by atoms with van der Waals surface area (Å²) in [5.41, 5.74) is 6.31. The first-order valence-electron chi connectivity index (χ1n) is 7.65. The van der Waals surface area contributed by atoms with Crippen molar-refractivity contribution in [3.8, 4) is 0 Å². The normalized spacial score (nSPS) is 15.0. The first-order valence-corrected chi connectivity index (χ1v) is 7.65. The van der Waals surface area contributed by atoms with Gasteiger partial charge in [-0.25, -0.2) is 0 Å². The quantitative estimate of drug-likeness (QED) is 0.861. The average molecular weight is 337 g/mol. The summed E-state index contributed by atoms with van der Waals surface area (Å²) in [5.74, 6) is 0.0474. The van der Waals surface area contributed by atoms with Crippen LogP contribution >= 0.6 is 12.4 Å². The summed E-state index contributed by atoms with van der Waals surface area (Å²) < 4.78 is 1.67. The standard InChI is InChI=1S/C16H20N4O2.ClH/c1-2-20-13-6-4-3-5-11(13)15(21)14(19-20)16(22)18-9-12(17)10-7-8-10;/h3-6,10,12H,2,7-9,17H2,1H3,(H,18,22);1H. The molecule has 1 amide bonds. The molecule has 124 valence electrons. The zero-order valence-corrected chi connectivity index (χ0v) is 13.8. The lowest BCUT2D eigenvalue weighted by Gasteiger charge is -2.13. The van der Waals surface area contributed by atoms with Crippen molar-refractivity contribution in [2.45, 2.75) is 32.4 Å². The number of nitrogens with one attached hydrogen (secondary N) is 1. The largest absolute Gasteiger partial charge is 0.349 e. The number of amides is 1. The van der Waals surface area contributed by atoms with Gasteiger partial charge in [0.1, 0.15) is 0 Å². The molecule has 1 unspecified atom stereocenters. The number of aromatic nitrogens is 2. The van der Waals surface area contributed by atoms with E-state index in [9.17, 15) is 9.59 Å². The maximum atomic E-state index is 12.5. The van der Waals surface area contributed by atoms with Crippen molar-refractivity contribution in [2.24, 2.45) is 11.7 Å². The zero-order valence-electron chi connectivity index (χ0n) is 13.0. The summed E-state index contributed by atoms with van der Waals surface area (Å²) in [6.07, 6.45) is 2.24. The van der Waals surface area contributed by atoms with Gasteiger partial charge < -0.3 is 11.1 Å². The molecular weight excluding hydrogens is 316 g/mol. The van der Waals surface area contributed by atoms with Crippen LogP contribution in [0.25, 0.3) is 10.9 Å². The van der Waals surface area contributed by atoms with Crippen LogP contribution in [0, 0.1) is 5.92 Å². The van der Waals surface area contributed by atoms with Crippen LogP contribution in [0.15, 0.2) is 29.1 Å². The molecule has 0 spiro atoms. The molecule has 1 saturated carbocycles. The van der Waals surface area contributed by atoms with Gasteiger partial charge in [0.2, 0.25) is 5.43 Å². The molecule has 1 aliphatic carbocycles. The summed E-state index contributed by atoms with van der Waals surface area (Å²) in [6.45, 7) is 2.89. The van der Waals surface area contributed by atoms with Crippen LogP contribution in [0.2, 0.25) is 0 Å². The molecule has 1 fully saturated rings. The van der Waals surface area contributed by atoms with E-state index in [0.717, 1.165) is 18.4 Å². The molecule has 0 radical (unpaired) electrons. The van der Waals surface area contributed by atoms with Crippen molar-refractivity contribution >= 4 is 29.2 Å². The van der Waals surface area contributed by atoms with Crippen molar-refractivity contribution in [3.63, 3.8) is 0 Å². The number of aryl methyl sites for hydroxylation is 1. The van der Waals surface area contributed by atoms with Gasteiger partial charge in [-0.3, -0.25) is 14.3 Å². The third-order valence-corrected chi connectivity index (χ3v) is 4.10. The number of carbonyl (C=O) groups is 1. The van der Waals surface area contributed by atoms with Crippen LogP contribution in [-0.2, 0) is 6.54 Å². The number of nitrogens with zero attached hydrogens (tertiary/aromatic N) is 2. The minimum Gasteiger partial charge on any atom is -0.349 e. The van der Waals surface area contributed by atoms with Gasteiger partial charge in [-0.1, -0.05) is 12.1 Å². The maximum Gasteiger partial charge on any atom is 0.275 e. The van der Waals surface area contributed by atoms with Gasteiger partial charge in [-0.2, -0.15) is 5.10 Å². The molecule has 0 aliphatic heterocycles. The second-order valence-electron chi connectivity index (χ2n) is 5.72. The van der Waals surface area contributed by atoms with Gasteiger partial charge in [-0.15, -0.1) is 12.4 Å². The third kappa shape index (κ3) is 3.54. The summed E-state index contributed by atoms with van der Waals surface area (Å²) in [6, 6.07) is 7.15. The lowest BCUT2D eigenvalue weighted by Crippen LogP contribution is -2.40. The first kappa shape index (κ1) is 17.4. The summed E-state index contributed by atoms with van der Waals surface area (Å²) >= 11 is 0. The number of para-hydroxylation sites is 1. The Morgan fingerprint density at radius 1 is 1.43 bits per heavy atom. The number of hydrogen-bond donors (Lipinski definition) is 2. The van der Waals surface area contributed by atoms with Crippen molar-refractivity contribution in [3.05, 3.63) is 40.2 Å². The van der Waals surface area contributed by atoms with Gasteiger partial charge in [0.25, 0.3) is 5.91 Å². The molecule has 2 aromatic rings. The number of fused-ring (bicyclic) bond motifs is 1. The molecule has 7 heteroatoms. The van der Waals surface area contributed by atoms with E-state index in [1.54, 1.807) is 16.8 Å². The minimum absolute atomic E-state index is 0. The van der Waals surface area contributed by atoms with Crippen molar-refractivity contribution in [1.29, 1.82) is 0 Å². The van der Waals surface area contributed by atoms with E-state index in [-0.39, 0.29) is 29.6 Å². The number of carbonyl (C=O) groups excluding carboxylic acids is 1.